The Morgan fingerprint density at radius 3 is 1.42 bits per heavy atom. The maximum absolute atomic E-state index is 12.8. The SMILES string of the molecule is CCC1OC(CO)C(COC2OC(C)C(O)C(O)C2COCC2OC(CO)C(O)C(O)C2NC(C)=O)C(COCC2OC(CO)C(COCC3OC(C)C(O)C(COCC4OC(COC)C(O)C(O)C4OC4OC(CO)C(O)C(O)C4O)C3OC(C)=O)C(O)C2O)C1NC(C)=O. The highest BCUT2D eigenvalue weighted by Crippen LogP contribution is 2.38. The molecule has 18 N–H and O–H groups in total. The molecule has 36 heteroatoms. The number of ether oxygens (including phenoxy) is 15. The van der Waals surface area contributed by atoms with Gasteiger partial charge in [-0.1, -0.05) is 6.92 Å². The van der Waals surface area contributed by atoms with Crippen LogP contribution in [0.2, 0.25) is 0 Å². The second-order valence-corrected chi connectivity index (χ2v) is 25.9. The van der Waals surface area contributed by atoms with E-state index in [1.807, 2.05) is 6.92 Å². The van der Waals surface area contributed by atoms with E-state index in [0.717, 1.165) is 6.92 Å². The average molecular weight is 1400 g/mol. The van der Waals surface area contributed by atoms with E-state index in [1.54, 1.807) is 6.92 Å². The van der Waals surface area contributed by atoms with Crippen molar-refractivity contribution in [2.24, 2.45) is 29.6 Å². The number of hydrogen-bond acceptors (Lipinski definition) is 34. The number of rotatable bonds is 31. The molecule has 7 aliphatic heterocycles. The lowest BCUT2D eigenvalue weighted by molar-refractivity contribution is -0.344. The standard InChI is InChI=1S/C60H104N2O34/c1-8-33-43(61-25(4)67)29(28(34(9-63)91-33)17-87-59-32(48(73)46(71)24(3)89-59)16-86-19-38-44(62-26(5)68)53(78)49(74)36(11-65)93-38)13-83-20-40-51(76)47(72)30(35(10-64)92-40)14-84-21-41-57(90-27(6)69)31(45(70)23(2)88-41)15-85-22-42-58(55(80)52(77)39(94-42)18-82-7)96-60-56(81)54(79)50(75)37(12-66)95-60/h23-24,28-60,63-66,70-81H,8-22H2,1-7H3,(H,61,67)(H,62,68). The van der Waals surface area contributed by atoms with Gasteiger partial charge in [-0.25, -0.2) is 0 Å². The molecule has 0 saturated carbocycles. The predicted octanol–water partition coefficient (Wildman–Crippen LogP) is -9.84. The predicted molar refractivity (Wildman–Crippen MR) is 317 cm³/mol. The van der Waals surface area contributed by atoms with E-state index in [1.165, 1.54) is 27.9 Å². The van der Waals surface area contributed by atoms with Crippen LogP contribution >= 0.6 is 0 Å². The Labute approximate surface area is 554 Å². The molecule has 0 aromatic rings. The number of esters is 1. The zero-order chi connectivity index (χ0) is 70.6. The number of methoxy groups -OCH3 is 1. The highest BCUT2D eigenvalue weighted by atomic mass is 16.7. The molecule has 36 nitrogen and oxygen atoms in total. The largest absolute Gasteiger partial charge is 0.459 e. The summed E-state index contributed by atoms with van der Waals surface area (Å²) in [7, 11) is 1.33. The van der Waals surface area contributed by atoms with Gasteiger partial charge >= 0.3 is 5.97 Å². The van der Waals surface area contributed by atoms with Crippen molar-refractivity contribution in [2.75, 3.05) is 99.6 Å². The van der Waals surface area contributed by atoms with E-state index < -0.39 is 270 Å². The normalized spacial score (nSPS) is 45.5. The van der Waals surface area contributed by atoms with E-state index in [0.29, 0.717) is 6.42 Å². The van der Waals surface area contributed by atoms with Crippen LogP contribution in [0.25, 0.3) is 0 Å². The van der Waals surface area contributed by atoms with Crippen molar-refractivity contribution in [3.8, 4) is 0 Å². The van der Waals surface area contributed by atoms with Crippen LogP contribution in [0, 0.1) is 29.6 Å². The van der Waals surface area contributed by atoms with Crippen LogP contribution in [-0.4, -0.2) is 382 Å². The van der Waals surface area contributed by atoms with Crippen LogP contribution in [0.5, 0.6) is 0 Å². The minimum absolute atomic E-state index is 0.208. The summed E-state index contributed by atoms with van der Waals surface area (Å²) in [5.74, 6) is -6.56. The van der Waals surface area contributed by atoms with Crippen LogP contribution in [0.3, 0.4) is 0 Å². The molecular formula is C60H104N2O34. The second-order valence-electron chi connectivity index (χ2n) is 25.9. The molecule has 2 amide bonds. The van der Waals surface area contributed by atoms with Crippen LogP contribution in [0.4, 0.5) is 0 Å². The van der Waals surface area contributed by atoms with Crippen LogP contribution in [-0.2, 0) is 85.4 Å². The van der Waals surface area contributed by atoms with Gasteiger partial charge in [-0.05, 0) is 20.3 Å². The lowest BCUT2D eigenvalue weighted by atomic mass is 9.77. The molecule has 7 rings (SSSR count). The van der Waals surface area contributed by atoms with Gasteiger partial charge in [0.25, 0.3) is 0 Å². The molecule has 0 aromatic carbocycles. The smallest absolute Gasteiger partial charge is 0.303 e. The zero-order valence-corrected chi connectivity index (χ0v) is 54.8. The van der Waals surface area contributed by atoms with Crippen LogP contribution in [0.1, 0.15) is 48.0 Å². The molecule has 96 heavy (non-hydrogen) atoms. The molecule has 7 fully saturated rings. The Balaban J connectivity index is 0.981. The summed E-state index contributed by atoms with van der Waals surface area (Å²) in [5.41, 5.74) is 0. The van der Waals surface area contributed by atoms with Gasteiger partial charge < -0.3 is 163 Å². The van der Waals surface area contributed by atoms with Gasteiger partial charge in [0.15, 0.2) is 12.6 Å². The Morgan fingerprint density at radius 2 is 0.823 bits per heavy atom. The summed E-state index contributed by atoms with van der Waals surface area (Å²) in [4.78, 5) is 37.5. The zero-order valence-electron chi connectivity index (χ0n) is 54.8. The number of carbonyl (C=O) groups excluding carboxylic acids is 3. The highest BCUT2D eigenvalue weighted by Gasteiger charge is 2.54. The summed E-state index contributed by atoms with van der Waals surface area (Å²) in [6.45, 7) is 2.44. The molecule has 0 spiro atoms. The third-order valence-electron chi connectivity index (χ3n) is 19.2. The first-order valence-electron chi connectivity index (χ1n) is 32.6. The van der Waals surface area contributed by atoms with E-state index in [9.17, 15) is 96.1 Å². The summed E-state index contributed by atoms with van der Waals surface area (Å²) in [6, 6.07) is -1.94. The van der Waals surface area contributed by atoms with Gasteiger partial charge in [0.1, 0.15) is 110 Å². The molecule has 35 unspecified atom stereocenters. The van der Waals surface area contributed by atoms with Gasteiger partial charge in [0.2, 0.25) is 11.8 Å². The van der Waals surface area contributed by atoms with E-state index >= 15 is 0 Å². The number of carbonyl (C=O) groups is 3. The molecule has 7 saturated heterocycles. The fourth-order valence-corrected chi connectivity index (χ4v) is 13.8. The molecular weight excluding hydrogens is 1290 g/mol. The second kappa shape index (κ2) is 37.4. The molecule has 558 valence electrons. The summed E-state index contributed by atoms with van der Waals surface area (Å²) >= 11 is 0. The highest BCUT2D eigenvalue weighted by molar-refractivity contribution is 5.73. The first kappa shape index (κ1) is 80.5. The molecule has 0 radical (unpaired) electrons. The molecule has 7 aliphatic rings. The summed E-state index contributed by atoms with van der Waals surface area (Å²) in [5, 5.41) is 179. The van der Waals surface area contributed by atoms with E-state index in [4.69, 9.17) is 71.1 Å². The number of aliphatic hydroxyl groups excluding tert-OH is 16. The molecule has 35 atom stereocenters. The minimum Gasteiger partial charge on any atom is -0.459 e. The quantitative estimate of drug-likeness (QED) is 0.0287. The first-order valence-corrected chi connectivity index (χ1v) is 32.6. The lowest BCUT2D eigenvalue weighted by Crippen LogP contribution is -2.65. The maximum Gasteiger partial charge on any atom is 0.303 e. The third-order valence-corrected chi connectivity index (χ3v) is 19.2. The average Bonchev–Trinajstić information content (AvgIpc) is 0.803. The number of hydrogen-bond donors (Lipinski definition) is 18. The van der Waals surface area contributed by atoms with Crippen molar-refractivity contribution >= 4 is 17.8 Å². The van der Waals surface area contributed by atoms with Crippen LogP contribution < -0.4 is 10.6 Å². The Hall–Kier alpha value is -2.79. The first-order chi connectivity index (χ1) is 45.6. The van der Waals surface area contributed by atoms with Crippen molar-refractivity contribution in [1.29, 1.82) is 0 Å². The molecule has 0 aromatic heterocycles. The minimum atomic E-state index is -1.89. The number of nitrogens with one attached hydrogen (secondary N) is 2. The van der Waals surface area contributed by atoms with Gasteiger partial charge in [0, 0.05) is 45.6 Å². The van der Waals surface area contributed by atoms with E-state index in [-0.39, 0.29) is 52.9 Å². The van der Waals surface area contributed by atoms with Crippen molar-refractivity contribution in [2.45, 2.75) is 231 Å². The van der Waals surface area contributed by atoms with Gasteiger partial charge in [-0.3, -0.25) is 14.4 Å². The van der Waals surface area contributed by atoms with Crippen molar-refractivity contribution in [1.82, 2.24) is 10.6 Å². The van der Waals surface area contributed by atoms with Gasteiger partial charge in [0.05, 0.1) is 165 Å². The van der Waals surface area contributed by atoms with Crippen molar-refractivity contribution < 1.29 is 167 Å². The van der Waals surface area contributed by atoms with Gasteiger partial charge in [-0.2, -0.15) is 0 Å². The third kappa shape index (κ3) is 19.5. The molecule has 0 bridgehead atoms. The van der Waals surface area contributed by atoms with Crippen molar-refractivity contribution in [3.05, 3.63) is 0 Å². The fourth-order valence-electron chi connectivity index (χ4n) is 13.8. The van der Waals surface area contributed by atoms with Gasteiger partial charge in [-0.15, -0.1) is 0 Å². The van der Waals surface area contributed by atoms with Crippen molar-refractivity contribution in [3.63, 3.8) is 0 Å². The Bertz CT molecular complexity index is 2340. The maximum atomic E-state index is 12.8. The summed E-state index contributed by atoms with van der Waals surface area (Å²) < 4.78 is 89.4. The number of aliphatic hydroxyl groups is 16. The topological polar surface area (TPSA) is 537 Å². The van der Waals surface area contributed by atoms with Crippen LogP contribution in [0.15, 0.2) is 0 Å². The number of amides is 2. The Morgan fingerprint density at radius 1 is 0.365 bits per heavy atom. The summed E-state index contributed by atoms with van der Waals surface area (Å²) in [6.07, 6.45) is -38.2. The Kier molecular flexibility index (Phi) is 31.4. The molecule has 7 heterocycles. The lowest BCUT2D eigenvalue weighted by Gasteiger charge is -2.48. The fraction of sp³-hybridized carbons (Fsp3) is 0.950. The monoisotopic (exact) mass is 1400 g/mol. The molecule has 0 aliphatic carbocycles. The van der Waals surface area contributed by atoms with E-state index in [2.05, 4.69) is 10.6 Å².